The SMILES string of the molecule is NC(=O)CC(C(=O)NO)S(=O)(=O)OC(=O)c1ccccc1. The summed E-state index contributed by atoms with van der Waals surface area (Å²) in [5.41, 5.74) is 5.82. The van der Waals surface area contributed by atoms with Crippen molar-refractivity contribution in [2.45, 2.75) is 11.7 Å². The Morgan fingerprint density at radius 1 is 1.24 bits per heavy atom. The van der Waals surface area contributed by atoms with E-state index in [1.165, 1.54) is 24.3 Å². The molecule has 0 aliphatic carbocycles. The third-order valence-corrected chi connectivity index (χ3v) is 3.80. The molecule has 4 N–H and O–H groups in total. The van der Waals surface area contributed by atoms with Gasteiger partial charge in [-0.2, -0.15) is 8.42 Å². The van der Waals surface area contributed by atoms with Gasteiger partial charge in [0.1, 0.15) is 0 Å². The lowest BCUT2D eigenvalue weighted by molar-refractivity contribution is -0.130. The molecule has 0 bridgehead atoms. The van der Waals surface area contributed by atoms with Crippen LogP contribution in [0.2, 0.25) is 0 Å². The number of hydrogen-bond acceptors (Lipinski definition) is 7. The van der Waals surface area contributed by atoms with Crippen LogP contribution in [0.25, 0.3) is 0 Å². The number of amides is 2. The summed E-state index contributed by atoms with van der Waals surface area (Å²) in [5.74, 6) is -3.78. The highest BCUT2D eigenvalue weighted by Gasteiger charge is 2.37. The highest BCUT2D eigenvalue weighted by Crippen LogP contribution is 2.12. The second kappa shape index (κ2) is 6.81. The van der Waals surface area contributed by atoms with E-state index in [2.05, 4.69) is 4.18 Å². The van der Waals surface area contributed by atoms with E-state index in [1.807, 2.05) is 0 Å². The van der Waals surface area contributed by atoms with Gasteiger partial charge in [0, 0.05) is 0 Å². The predicted octanol–water partition coefficient (Wildman–Crippen LogP) is -1.08. The maximum atomic E-state index is 11.8. The third-order valence-electron chi connectivity index (χ3n) is 2.34. The van der Waals surface area contributed by atoms with E-state index in [-0.39, 0.29) is 5.56 Å². The molecule has 0 aliphatic rings. The smallest absolute Gasteiger partial charge is 0.353 e. The number of rotatable bonds is 6. The third kappa shape index (κ3) is 4.54. The quantitative estimate of drug-likeness (QED) is 0.343. The lowest BCUT2D eigenvalue weighted by atomic mass is 10.2. The van der Waals surface area contributed by atoms with E-state index in [4.69, 9.17) is 10.9 Å². The van der Waals surface area contributed by atoms with Crippen molar-refractivity contribution < 1.29 is 32.2 Å². The number of hydroxylamine groups is 1. The molecule has 0 fully saturated rings. The van der Waals surface area contributed by atoms with Gasteiger partial charge < -0.3 is 9.92 Å². The highest BCUT2D eigenvalue weighted by molar-refractivity contribution is 7.88. The summed E-state index contributed by atoms with van der Waals surface area (Å²) >= 11 is 0. The van der Waals surface area contributed by atoms with E-state index in [9.17, 15) is 22.8 Å². The Bertz CT molecular complexity index is 642. The van der Waals surface area contributed by atoms with Gasteiger partial charge in [0.2, 0.25) is 5.91 Å². The average Bonchev–Trinajstić information content (AvgIpc) is 2.44. The van der Waals surface area contributed by atoms with Gasteiger partial charge in [-0.15, -0.1) is 0 Å². The van der Waals surface area contributed by atoms with Crippen LogP contribution in [0, 0.1) is 0 Å². The minimum absolute atomic E-state index is 0.0664. The number of carbonyl (C=O) groups is 3. The van der Waals surface area contributed by atoms with Gasteiger partial charge in [-0.3, -0.25) is 14.8 Å². The number of nitrogens with one attached hydrogen (secondary N) is 1. The van der Waals surface area contributed by atoms with Crippen LogP contribution >= 0.6 is 0 Å². The first-order valence-corrected chi connectivity index (χ1v) is 7.00. The molecule has 21 heavy (non-hydrogen) atoms. The summed E-state index contributed by atoms with van der Waals surface area (Å²) in [6.45, 7) is 0. The minimum Gasteiger partial charge on any atom is -0.370 e. The zero-order valence-corrected chi connectivity index (χ0v) is 11.4. The number of benzene rings is 1. The van der Waals surface area contributed by atoms with E-state index in [0.29, 0.717) is 0 Å². The minimum atomic E-state index is -4.80. The second-order valence-electron chi connectivity index (χ2n) is 3.86. The summed E-state index contributed by atoms with van der Waals surface area (Å²) in [5, 5.41) is 6.34. The van der Waals surface area contributed by atoms with Crippen LogP contribution in [-0.2, 0) is 23.9 Å². The summed E-state index contributed by atoms with van der Waals surface area (Å²) < 4.78 is 27.9. The number of hydrogen-bond donors (Lipinski definition) is 3. The van der Waals surface area contributed by atoms with E-state index in [1.54, 1.807) is 6.07 Å². The molecule has 1 aromatic rings. The van der Waals surface area contributed by atoms with Crippen molar-refractivity contribution in [1.82, 2.24) is 5.48 Å². The van der Waals surface area contributed by atoms with Gasteiger partial charge in [0.15, 0.2) is 5.25 Å². The Hall–Kier alpha value is -2.46. The first kappa shape index (κ1) is 16.6. The number of carbonyl (C=O) groups excluding carboxylic acids is 3. The normalized spacial score (nSPS) is 12.2. The van der Waals surface area contributed by atoms with Crippen molar-refractivity contribution in [3.63, 3.8) is 0 Å². The maximum absolute atomic E-state index is 11.8. The monoisotopic (exact) mass is 316 g/mol. The van der Waals surface area contributed by atoms with Crippen LogP contribution in [0.3, 0.4) is 0 Å². The summed E-state index contributed by atoms with van der Waals surface area (Å²) in [6.07, 6.45) is -0.948. The van der Waals surface area contributed by atoms with Crippen LogP contribution in [0.5, 0.6) is 0 Å². The molecule has 0 spiro atoms. The van der Waals surface area contributed by atoms with Gasteiger partial charge >= 0.3 is 16.1 Å². The lowest BCUT2D eigenvalue weighted by Gasteiger charge is -2.13. The van der Waals surface area contributed by atoms with Crippen LogP contribution in [-0.4, -0.2) is 36.7 Å². The van der Waals surface area contributed by atoms with Crippen molar-refractivity contribution >= 4 is 27.9 Å². The molecule has 0 saturated carbocycles. The molecule has 0 heterocycles. The van der Waals surface area contributed by atoms with Gasteiger partial charge in [0.25, 0.3) is 5.91 Å². The van der Waals surface area contributed by atoms with Crippen molar-refractivity contribution in [3.8, 4) is 0 Å². The van der Waals surface area contributed by atoms with Gasteiger partial charge in [-0.25, -0.2) is 10.3 Å². The van der Waals surface area contributed by atoms with Crippen LogP contribution in [0.4, 0.5) is 0 Å². The zero-order chi connectivity index (χ0) is 16.0. The number of primary amides is 1. The number of nitrogens with two attached hydrogens (primary N) is 1. The maximum Gasteiger partial charge on any atom is 0.353 e. The van der Waals surface area contributed by atoms with E-state index < -0.39 is 39.6 Å². The Labute approximate surface area is 119 Å². The Morgan fingerprint density at radius 2 is 1.81 bits per heavy atom. The summed E-state index contributed by atoms with van der Waals surface area (Å²) in [4.78, 5) is 33.7. The molecular formula is C11H12N2O7S. The average molecular weight is 316 g/mol. The summed E-state index contributed by atoms with van der Waals surface area (Å²) in [7, 11) is -4.80. The Balaban J connectivity index is 2.99. The molecule has 2 amide bonds. The lowest BCUT2D eigenvalue weighted by Crippen LogP contribution is -2.42. The molecule has 9 nitrogen and oxygen atoms in total. The van der Waals surface area contributed by atoms with Gasteiger partial charge in [-0.1, -0.05) is 18.2 Å². The van der Waals surface area contributed by atoms with Crippen LogP contribution in [0.15, 0.2) is 30.3 Å². The van der Waals surface area contributed by atoms with Gasteiger partial charge in [0.05, 0.1) is 12.0 Å². The topological polar surface area (TPSA) is 153 Å². The fourth-order valence-corrected chi connectivity index (χ4v) is 2.47. The molecule has 1 rings (SSSR count). The Kier molecular flexibility index (Phi) is 5.38. The molecule has 1 aromatic carbocycles. The molecular weight excluding hydrogens is 304 g/mol. The van der Waals surface area contributed by atoms with Crippen LogP contribution < -0.4 is 11.2 Å². The van der Waals surface area contributed by atoms with Crippen molar-refractivity contribution in [3.05, 3.63) is 35.9 Å². The summed E-state index contributed by atoms with van der Waals surface area (Å²) in [6, 6.07) is 7.15. The second-order valence-corrected chi connectivity index (χ2v) is 5.59. The molecule has 1 unspecified atom stereocenters. The molecule has 0 aromatic heterocycles. The molecule has 0 saturated heterocycles. The fourth-order valence-electron chi connectivity index (χ4n) is 1.37. The zero-order valence-electron chi connectivity index (χ0n) is 10.6. The predicted molar refractivity (Wildman–Crippen MR) is 68.3 cm³/mol. The molecule has 114 valence electrons. The van der Waals surface area contributed by atoms with Crippen molar-refractivity contribution in [2.75, 3.05) is 0 Å². The first-order chi connectivity index (χ1) is 9.77. The van der Waals surface area contributed by atoms with Crippen molar-refractivity contribution in [2.24, 2.45) is 5.73 Å². The van der Waals surface area contributed by atoms with Gasteiger partial charge in [-0.05, 0) is 12.1 Å². The standard InChI is InChI=1S/C11H12N2O7S/c12-9(14)6-8(10(15)13-17)21(18,19)20-11(16)7-4-2-1-3-5-7/h1-5,8,17H,6H2,(H2,12,14)(H,13,15). The van der Waals surface area contributed by atoms with E-state index in [0.717, 1.165) is 5.48 Å². The molecule has 1 atom stereocenters. The Morgan fingerprint density at radius 3 is 2.29 bits per heavy atom. The highest BCUT2D eigenvalue weighted by atomic mass is 32.2. The van der Waals surface area contributed by atoms with E-state index >= 15 is 0 Å². The molecule has 0 radical (unpaired) electrons. The fraction of sp³-hybridized carbons (Fsp3) is 0.182. The molecule has 0 aliphatic heterocycles. The first-order valence-electron chi connectivity index (χ1n) is 5.53. The largest absolute Gasteiger partial charge is 0.370 e. The molecule has 10 heteroatoms. The van der Waals surface area contributed by atoms with Crippen molar-refractivity contribution in [1.29, 1.82) is 0 Å². The van der Waals surface area contributed by atoms with Crippen LogP contribution in [0.1, 0.15) is 16.8 Å².